The lowest BCUT2D eigenvalue weighted by molar-refractivity contribution is -0.110. The Bertz CT molecular complexity index is 577. The number of amides is 1. The summed E-state index contributed by atoms with van der Waals surface area (Å²) >= 11 is 0. The van der Waals surface area contributed by atoms with Crippen LogP contribution < -0.4 is 10.6 Å². The highest BCUT2D eigenvalue weighted by Gasteiger charge is 2.17. The van der Waals surface area contributed by atoms with Crippen LogP contribution >= 0.6 is 0 Å². The summed E-state index contributed by atoms with van der Waals surface area (Å²) in [6.07, 6.45) is 1.56. The third-order valence-electron chi connectivity index (χ3n) is 3.64. The lowest BCUT2D eigenvalue weighted by atomic mass is 10.0. The van der Waals surface area contributed by atoms with Crippen molar-refractivity contribution >= 4 is 23.0 Å². The highest BCUT2D eigenvalue weighted by molar-refractivity contribution is 6.44. The molecule has 1 unspecified atom stereocenters. The molecule has 2 rings (SSSR count). The van der Waals surface area contributed by atoms with Gasteiger partial charge in [0.05, 0.1) is 24.2 Å². The lowest BCUT2D eigenvalue weighted by Crippen LogP contribution is -2.33. The lowest BCUT2D eigenvalue weighted by Gasteiger charge is -2.23. The van der Waals surface area contributed by atoms with Crippen LogP contribution in [0.5, 0.6) is 0 Å². The topological polar surface area (TPSA) is 111 Å². The van der Waals surface area contributed by atoms with Crippen molar-refractivity contribution < 1.29 is 9.53 Å². The fourth-order valence-electron chi connectivity index (χ4n) is 2.11. The van der Waals surface area contributed by atoms with Crippen LogP contribution in [0, 0.1) is 16.7 Å². The van der Waals surface area contributed by atoms with E-state index < -0.39 is 5.91 Å². The van der Waals surface area contributed by atoms with Crippen LogP contribution in [0.2, 0.25) is 0 Å². The maximum absolute atomic E-state index is 12.0. The molecule has 124 valence electrons. The molecule has 1 atom stereocenters. The highest BCUT2D eigenvalue weighted by Crippen LogP contribution is 2.18. The molecule has 1 fully saturated rings. The number of ether oxygens (including phenoxy) is 1. The first kappa shape index (κ1) is 17.2. The van der Waals surface area contributed by atoms with Crippen LogP contribution in [-0.4, -0.2) is 42.0 Å². The predicted molar refractivity (Wildman–Crippen MR) is 89.3 cm³/mol. The highest BCUT2D eigenvalue weighted by atomic mass is 16.5. The maximum atomic E-state index is 12.0. The minimum atomic E-state index is -0.500. The van der Waals surface area contributed by atoms with Gasteiger partial charge in [0.1, 0.15) is 11.8 Å². The van der Waals surface area contributed by atoms with Crippen molar-refractivity contribution in [3.05, 3.63) is 24.0 Å². The van der Waals surface area contributed by atoms with Crippen LogP contribution in [0.3, 0.4) is 0 Å². The van der Waals surface area contributed by atoms with Crippen LogP contribution in [-0.2, 0) is 9.53 Å². The molecule has 7 heteroatoms. The van der Waals surface area contributed by atoms with Gasteiger partial charge in [0.15, 0.2) is 0 Å². The van der Waals surface area contributed by atoms with Crippen LogP contribution in [0.1, 0.15) is 32.1 Å². The summed E-state index contributed by atoms with van der Waals surface area (Å²) in [5.74, 6) is -0.464. The van der Waals surface area contributed by atoms with Crippen molar-refractivity contribution in [1.82, 2.24) is 10.3 Å². The van der Waals surface area contributed by atoms with Crippen LogP contribution in [0.4, 0.5) is 5.69 Å². The van der Waals surface area contributed by atoms with Gasteiger partial charge in [-0.05, 0) is 18.1 Å². The van der Waals surface area contributed by atoms with Crippen molar-refractivity contribution in [1.29, 1.82) is 10.8 Å². The molecule has 1 saturated heterocycles. The van der Waals surface area contributed by atoms with E-state index in [0.717, 1.165) is 18.8 Å². The predicted octanol–water partition coefficient (Wildman–Crippen LogP) is 1.77. The number of carbonyl (C=O) groups is 1. The summed E-state index contributed by atoms with van der Waals surface area (Å²) in [4.78, 5) is 16.3. The number of hydrogen-bond donors (Lipinski definition) is 4. The molecule has 7 nitrogen and oxygen atoms in total. The fourth-order valence-corrected chi connectivity index (χ4v) is 2.11. The Balaban J connectivity index is 1.91. The van der Waals surface area contributed by atoms with Crippen LogP contribution in [0.15, 0.2) is 18.3 Å². The Morgan fingerprint density at radius 2 is 2.26 bits per heavy atom. The van der Waals surface area contributed by atoms with Gasteiger partial charge in [-0.1, -0.05) is 13.8 Å². The van der Waals surface area contributed by atoms with Crippen molar-refractivity contribution in [2.24, 2.45) is 5.92 Å². The zero-order chi connectivity index (χ0) is 16.8. The molecule has 0 bridgehead atoms. The molecule has 0 spiro atoms. The summed E-state index contributed by atoms with van der Waals surface area (Å²) in [5.41, 5.74) is 1.60. The molecule has 0 aromatic carbocycles. The number of hydrogen-bond acceptors (Lipinski definition) is 6. The van der Waals surface area contributed by atoms with Gasteiger partial charge in [0.25, 0.3) is 5.91 Å². The van der Waals surface area contributed by atoms with Gasteiger partial charge in [0.2, 0.25) is 0 Å². The first-order valence-corrected chi connectivity index (χ1v) is 7.71. The van der Waals surface area contributed by atoms with Gasteiger partial charge in [-0.2, -0.15) is 0 Å². The zero-order valence-electron chi connectivity index (χ0n) is 13.5. The van der Waals surface area contributed by atoms with E-state index in [2.05, 4.69) is 15.6 Å². The summed E-state index contributed by atoms with van der Waals surface area (Å²) in [6, 6.07) is 3.56. The monoisotopic (exact) mass is 317 g/mol. The van der Waals surface area contributed by atoms with Crippen molar-refractivity contribution in [3.63, 3.8) is 0 Å². The van der Waals surface area contributed by atoms with E-state index in [4.69, 9.17) is 15.6 Å². The minimum absolute atomic E-state index is 0.0354. The number of pyridine rings is 1. The molecule has 0 aliphatic carbocycles. The minimum Gasteiger partial charge on any atom is -0.369 e. The Labute approximate surface area is 135 Å². The number of nitrogens with one attached hydrogen (secondary N) is 4. The number of rotatable bonds is 6. The average Bonchev–Trinajstić information content (AvgIpc) is 2.56. The summed E-state index contributed by atoms with van der Waals surface area (Å²) in [6.45, 7) is 5.97. The van der Waals surface area contributed by atoms with Gasteiger partial charge in [-0.3, -0.25) is 15.2 Å². The Hall–Kier alpha value is -2.12. The molecule has 1 amide bonds. The van der Waals surface area contributed by atoms with E-state index in [1.165, 1.54) is 0 Å². The molecule has 1 aliphatic heterocycles. The number of nitrogens with zero attached hydrogens (tertiary/aromatic N) is 1. The number of carbonyl (C=O) groups excluding carboxylic acids is 1. The number of morpholine rings is 1. The molecule has 4 N–H and O–H groups in total. The Morgan fingerprint density at radius 1 is 1.48 bits per heavy atom. The summed E-state index contributed by atoms with van der Waals surface area (Å²) < 4.78 is 5.62. The molecule has 0 radical (unpaired) electrons. The van der Waals surface area contributed by atoms with Crippen LogP contribution in [0.25, 0.3) is 0 Å². The normalized spacial score (nSPS) is 17.8. The molecule has 23 heavy (non-hydrogen) atoms. The van der Waals surface area contributed by atoms with E-state index in [9.17, 15) is 4.79 Å². The molecule has 1 aliphatic rings. The third kappa shape index (κ3) is 4.94. The quantitative estimate of drug-likeness (QED) is 0.599. The third-order valence-corrected chi connectivity index (χ3v) is 3.64. The fraction of sp³-hybridized carbons (Fsp3) is 0.500. The van der Waals surface area contributed by atoms with Crippen molar-refractivity contribution in [3.8, 4) is 0 Å². The summed E-state index contributed by atoms with van der Waals surface area (Å²) in [5, 5.41) is 21.4. The Kier molecular flexibility index (Phi) is 5.95. The Morgan fingerprint density at radius 3 is 2.83 bits per heavy atom. The summed E-state index contributed by atoms with van der Waals surface area (Å²) in [7, 11) is 0. The SMILES string of the molecule is CC(C)C(=N)CC(=N)C(=O)Nc1ccc(C2CNCCO2)nc1. The second-order valence-electron chi connectivity index (χ2n) is 5.82. The largest absolute Gasteiger partial charge is 0.369 e. The van der Waals surface area contributed by atoms with Gasteiger partial charge in [0, 0.05) is 25.2 Å². The smallest absolute Gasteiger partial charge is 0.269 e. The number of anilines is 1. The molecule has 1 aromatic heterocycles. The van der Waals surface area contributed by atoms with Gasteiger partial charge in [-0.15, -0.1) is 0 Å². The molecule has 2 heterocycles. The first-order chi connectivity index (χ1) is 11.0. The van der Waals surface area contributed by atoms with Crippen molar-refractivity contribution in [2.75, 3.05) is 25.0 Å². The van der Waals surface area contributed by atoms with Gasteiger partial charge >= 0.3 is 0 Å². The zero-order valence-corrected chi connectivity index (χ0v) is 13.5. The second-order valence-corrected chi connectivity index (χ2v) is 5.82. The number of aromatic nitrogens is 1. The van der Waals surface area contributed by atoms with Crippen molar-refractivity contribution in [2.45, 2.75) is 26.4 Å². The van der Waals surface area contributed by atoms with E-state index in [-0.39, 0.29) is 24.2 Å². The second kappa shape index (κ2) is 7.94. The van der Waals surface area contributed by atoms with E-state index >= 15 is 0 Å². The van der Waals surface area contributed by atoms with E-state index in [1.807, 2.05) is 19.9 Å². The standard InChI is InChI=1S/C16H23N5O2/c1-10(2)12(17)7-13(18)16(22)21-11-3-4-14(20-8-11)15-9-19-5-6-23-15/h3-4,8,10,15,17-19H,5-7,9H2,1-2H3,(H,21,22). The van der Waals surface area contributed by atoms with E-state index in [1.54, 1.807) is 12.3 Å². The molecule has 1 aromatic rings. The average molecular weight is 317 g/mol. The molecular weight excluding hydrogens is 294 g/mol. The van der Waals surface area contributed by atoms with E-state index in [0.29, 0.717) is 18.0 Å². The van der Waals surface area contributed by atoms with Gasteiger partial charge in [-0.25, -0.2) is 0 Å². The molecule has 0 saturated carbocycles. The maximum Gasteiger partial charge on any atom is 0.269 e. The first-order valence-electron chi connectivity index (χ1n) is 7.71. The molecular formula is C16H23N5O2. The van der Waals surface area contributed by atoms with Gasteiger partial charge < -0.3 is 20.8 Å².